The minimum Gasteiger partial charge on any atom is -0.462 e. The Morgan fingerprint density at radius 2 is 0.522 bits per heavy atom. The predicted molar refractivity (Wildman–Crippen MR) is 372 cm³/mol. The highest BCUT2D eigenvalue weighted by Gasteiger charge is 2.30. The topological polar surface area (TPSA) is 237 Å². The monoisotopic (exact) mass is 1350 g/mol. The molecule has 17 nitrogen and oxygen atoms in total. The molecule has 0 heterocycles. The van der Waals surface area contributed by atoms with Crippen molar-refractivity contribution in [2.24, 2.45) is 23.7 Å². The third-order valence-electron chi connectivity index (χ3n) is 17.5. The number of carbonyl (C=O) groups is 4. The Kier molecular flexibility index (Phi) is 61.3. The van der Waals surface area contributed by atoms with Crippen LogP contribution < -0.4 is 0 Å². The zero-order valence-electron chi connectivity index (χ0n) is 60.2. The summed E-state index contributed by atoms with van der Waals surface area (Å²) in [6.45, 7) is 14.1. The lowest BCUT2D eigenvalue weighted by atomic mass is 9.99. The van der Waals surface area contributed by atoms with Crippen LogP contribution in [0.15, 0.2) is 0 Å². The van der Waals surface area contributed by atoms with Crippen LogP contribution >= 0.6 is 15.6 Å². The molecule has 0 bridgehead atoms. The van der Waals surface area contributed by atoms with Gasteiger partial charge >= 0.3 is 39.5 Å². The molecule has 19 heteroatoms. The molecule has 7 atom stereocenters. The van der Waals surface area contributed by atoms with Gasteiger partial charge in [-0.05, 0) is 49.4 Å². The maximum absolute atomic E-state index is 13.1. The third kappa shape index (κ3) is 64.1. The minimum atomic E-state index is -4.95. The number of aliphatic hydroxyl groups excluding tert-OH is 1. The molecule has 0 radical (unpaired) electrons. The summed E-state index contributed by atoms with van der Waals surface area (Å²) in [5.41, 5.74) is 0. The van der Waals surface area contributed by atoms with E-state index in [0.717, 1.165) is 108 Å². The summed E-state index contributed by atoms with van der Waals surface area (Å²) in [5, 5.41) is 10.6. The van der Waals surface area contributed by atoms with Crippen molar-refractivity contribution in [1.82, 2.24) is 0 Å². The van der Waals surface area contributed by atoms with Crippen molar-refractivity contribution < 1.29 is 80.2 Å². The van der Waals surface area contributed by atoms with Crippen molar-refractivity contribution in [2.45, 2.75) is 382 Å². The fraction of sp³-hybridized carbons (Fsp3) is 0.945. The molecule has 0 aromatic rings. The number of hydrogen-bond acceptors (Lipinski definition) is 15. The van der Waals surface area contributed by atoms with E-state index in [0.29, 0.717) is 37.5 Å². The highest BCUT2D eigenvalue weighted by Crippen LogP contribution is 2.45. The summed E-state index contributed by atoms with van der Waals surface area (Å²) in [4.78, 5) is 72.5. The van der Waals surface area contributed by atoms with Crippen LogP contribution in [-0.4, -0.2) is 96.7 Å². The quantitative estimate of drug-likeness (QED) is 0.0222. The lowest BCUT2D eigenvalue weighted by Crippen LogP contribution is -2.30. The van der Waals surface area contributed by atoms with Crippen molar-refractivity contribution in [3.8, 4) is 0 Å². The molecule has 92 heavy (non-hydrogen) atoms. The van der Waals surface area contributed by atoms with Gasteiger partial charge in [-0.15, -0.1) is 0 Å². The van der Waals surface area contributed by atoms with E-state index in [1.54, 1.807) is 0 Å². The van der Waals surface area contributed by atoms with Gasteiger partial charge in [0.25, 0.3) is 0 Å². The number of rotatable bonds is 70. The SMILES string of the molecule is CCC(C)CCCCCCCCCCCCCCCCCCCCC(=O)O[C@H](COC(=O)CCCCCCCCCCC(C)CC)COP(=O)(O)OC[C@@H](O)COP(=O)(O)OC[C@@H](COC(=O)CCCCCCCCC(C)C)OC(=O)CCCCCCCCC(C)C. The molecule has 0 aliphatic carbocycles. The van der Waals surface area contributed by atoms with E-state index in [4.69, 9.17) is 37.0 Å². The zero-order chi connectivity index (χ0) is 68.2. The first kappa shape index (κ1) is 90.1. The first-order valence-electron chi connectivity index (χ1n) is 37.8. The predicted octanol–water partition coefficient (Wildman–Crippen LogP) is 20.9. The smallest absolute Gasteiger partial charge is 0.462 e. The van der Waals surface area contributed by atoms with Gasteiger partial charge in [0, 0.05) is 25.7 Å². The summed E-state index contributed by atoms with van der Waals surface area (Å²) in [6, 6.07) is 0. The van der Waals surface area contributed by atoms with Gasteiger partial charge in [0.2, 0.25) is 0 Å². The van der Waals surface area contributed by atoms with Gasteiger partial charge in [0.1, 0.15) is 19.3 Å². The summed E-state index contributed by atoms with van der Waals surface area (Å²) < 4.78 is 68.3. The number of aliphatic hydroxyl groups is 1. The summed E-state index contributed by atoms with van der Waals surface area (Å²) in [7, 11) is -9.90. The molecular formula is C73H142O17P2. The van der Waals surface area contributed by atoms with E-state index in [-0.39, 0.29) is 25.7 Å². The molecule has 546 valence electrons. The molecule has 0 spiro atoms. The molecule has 0 aromatic carbocycles. The van der Waals surface area contributed by atoms with E-state index < -0.39 is 97.5 Å². The van der Waals surface area contributed by atoms with Gasteiger partial charge in [0.05, 0.1) is 26.4 Å². The number of unbranched alkanes of at least 4 members (excludes halogenated alkanes) is 34. The highest BCUT2D eigenvalue weighted by atomic mass is 31.2. The number of phosphoric ester groups is 2. The van der Waals surface area contributed by atoms with Gasteiger partial charge < -0.3 is 33.8 Å². The molecule has 0 fully saturated rings. The maximum Gasteiger partial charge on any atom is 0.472 e. The molecule has 3 N–H and O–H groups in total. The van der Waals surface area contributed by atoms with Crippen LogP contribution in [0, 0.1) is 23.7 Å². The molecule has 0 aliphatic rings. The first-order valence-corrected chi connectivity index (χ1v) is 40.8. The highest BCUT2D eigenvalue weighted by molar-refractivity contribution is 7.47. The van der Waals surface area contributed by atoms with Crippen molar-refractivity contribution in [2.75, 3.05) is 39.6 Å². The number of phosphoric acid groups is 2. The van der Waals surface area contributed by atoms with Crippen LogP contribution in [0.2, 0.25) is 0 Å². The fourth-order valence-electron chi connectivity index (χ4n) is 11.0. The molecular weight excluding hydrogens is 1210 g/mol. The standard InChI is InChI=1S/C73H142O17P2/c1-9-65(7)51-43-35-25-21-19-17-15-13-11-12-14-16-18-20-22-28-39-47-55-72(77)89-68(59-83-70(75)53-45-37-27-24-23-26-36-44-52-66(8)10-2)61-87-91(79,80)85-57-67(74)58-86-92(81,82)88-62-69(90-73(78)56-48-40-32-30-34-42-50-64(5)6)60-84-71(76)54-46-38-31-29-33-41-49-63(3)4/h63-69,74H,9-62H2,1-8H3,(H,79,80)(H,81,82)/t65?,66?,67-,68-,69-/m1/s1. The van der Waals surface area contributed by atoms with Crippen molar-refractivity contribution in [3.63, 3.8) is 0 Å². The second-order valence-corrected chi connectivity index (χ2v) is 30.7. The summed E-state index contributed by atoms with van der Waals surface area (Å²) in [6.07, 6.45) is 46.3. The van der Waals surface area contributed by atoms with E-state index in [9.17, 15) is 43.2 Å². The lowest BCUT2D eigenvalue weighted by molar-refractivity contribution is -0.161. The average Bonchev–Trinajstić information content (AvgIpc) is 2.29. The maximum atomic E-state index is 13.1. The largest absolute Gasteiger partial charge is 0.472 e. The second-order valence-electron chi connectivity index (χ2n) is 27.8. The number of esters is 4. The van der Waals surface area contributed by atoms with E-state index >= 15 is 0 Å². The van der Waals surface area contributed by atoms with Gasteiger partial charge in [-0.2, -0.15) is 0 Å². The van der Waals surface area contributed by atoms with Gasteiger partial charge in [0.15, 0.2) is 12.2 Å². The summed E-state index contributed by atoms with van der Waals surface area (Å²) in [5.74, 6) is 0.864. The van der Waals surface area contributed by atoms with Gasteiger partial charge in [-0.25, -0.2) is 9.13 Å². The van der Waals surface area contributed by atoms with E-state index in [2.05, 4.69) is 55.4 Å². The number of carbonyl (C=O) groups excluding carboxylic acids is 4. The van der Waals surface area contributed by atoms with Gasteiger partial charge in [-0.3, -0.25) is 37.3 Å². The first-order chi connectivity index (χ1) is 44.2. The number of hydrogen-bond donors (Lipinski definition) is 3. The number of ether oxygens (including phenoxy) is 4. The van der Waals surface area contributed by atoms with Crippen LogP contribution in [0.25, 0.3) is 0 Å². The van der Waals surface area contributed by atoms with Crippen molar-refractivity contribution in [3.05, 3.63) is 0 Å². The molecule has 0 saturated heterocycles. The normalized spacial score (nSPS) is 14.8. The molecule has 0 aromatic heterocycles. The van der Waals surface area contributed by atoms with Crippen molar-refractivity contribution in [1.29, 1.82) is 0 Å². The average molecular weight is 1350 g/mol. The van der Waals surface area contributed by atoms with Crippen LogP contribution in [-0.2, 0) is 65.4 Å². The van der Waals surface area contributed by atoms with Crippen LogP contribution in [0.3, 0.4) is 0 Å². The molecule has 0 saturated carbocycles. The van der Waals surface area contributed by atoms with E-state index in [1.165, 1.54) is 161 Å². The Balaban J connectivity index is 5.15. The Morgan fingerprint density at radius 3 is 0.772 bits per heavy atom. The Bertz CT molecular complexity index is 1820. The minimum absolute atomic E-state index is 0.101. The summed E-state index contributed by atoms with van der Waals surface area (Å²) >= 11 is 0. The Hall–Kier alpha value is -1.94. The van der Waals surface area contributed by atoms with E-state index in [1.807, 2.05) is 0 Å². The second kappa shape index (κ2) is 62.6. The van der Waals surface area contributed by atoms with Crippen molar-refractivity contribution >= 4 is 39.5 Å². The Morgan fingerprint density at radius 1 is 0.304 bits per heavy atom. The Labute approximate surface area is 562 Å². The van der Waals surface area contributed by atoms with Gasteiger partial charge in [-0.1, -0.05) is 312 Å². The zero-order valence-corrected chi connectivity index (χ0v) is 62.0. The molecule has 0 amide bonds. The molecule has 4 unspecified atom stereocenters. The molecule has 0 rings (SSSR count). The van der Waals surface area contributed by atoms with Crippen LogP contribution in [0.4, 0.5) is 0 Å². The van der Waals surface area contributed by atoms with Crippen LogP contribution in [0.1, 0.15) is 364 Å². The molecule has 0 aliphatic heterocycles. The third-order valence-corrected chi connectivity index (χ3v) is 19.4. The fourth-order valence-corrected chi connectivity index (χ4v) is 12.5. The van der Waals surface area contributed by atoms with Crippen LogP contribution in [0.5, 0.6) is 0 Å². The lowest BCUT2D eigenvalue weighted by Gasteiger charge is -2.21.